The number of ether oxygens (including phenoxy) is 2. The molecule has 0 amide bonds. The Hall–Kier alpha value is -2.53. The number of aliphatic imine (C=N–C) groups is 1. The highest BCUT2D eigenvalue weighted by Crippen LogP contribution is 2.27. The Labute approximate surface area is 124 Å². The van der Waals surface area contributed by atoms with Crippen LogP contribution >= 0.6 is 0 Å². The normalized spacial score (nSPS) is 11.1. The van der Waals surface area contributed by atoms with Crippen molar-refractivity contribution in [1.82, 2.24) is 5.43 Å². The minimum Gasteiger partial charge on any atom is -0.493 e. The van der Waals surface area contributed by atoms with Crippen LogP contribution in [0.2, 0.25) is 0 Å². The maximum atomic E-state index is 5.56. The fraction of sp³-hybridized carbons (Fsp3) is 0.188. The number of para-hydroxylation sites is 1. The summed E-state index contributed by atoms with van der Waals surface area (Å²) < 4.78 is 10.5. The second kappa shape index (κ2) is 7.31. The van der Waals surface area contributed by atoms with Gasteiger partial charge in [0.1, 0.15) is 5.84 Å². The van der Waals surface area contributed by atoms with Gasteiger partial charge in [0.25, 0.3) is 0 Å². The first-order valence-electron chi connectivity index (χ1n) is 6.57. The number of hydrazine groups is 1. The van der Waals surface area contributed by atoms with E-state index < -0.39 is 0 Å². The molecule has 0 aliphatic heterocycles. The molecule has 2 rings (SSSR count). The zero-order valence-electron chi connectivity index (χ0n) is 12.2. The number of methoxy groups -OCH3 is 2. The van der Waals surface area contributed by atoms with E-state index in [1.54, 1.807) is 14.2 Å². The van der Waals surface area contributed by atoms with Crippen LogP contribution in [0.3, 0.4) is 0 Å². The molecule has 0 bridgehead atoms. The van der Waals surface area contributed by atoms with Crippen molar-refractivity contribution in [2.45, 2.75) is 6.42 Å². The van der Waals surface area contributed by atoms with Crippen molar-refractivity contribution < 1.29 is 9.47 Å². The van der Waals surface area contributed by atoms with Gasteiger partial charge in [-0.15, -0.1) is 0 Å². The molecule has 0 saturated carbocycles. The van der Waals surface area contributed by atoms with Crippen molar-refractivity contribution in [2.24, 2.45) is 10.8 Å². The maximum absolute atomic E-state index is 5.56. The molecule has 3 N–H and O–H groups in total. The molecule has 0 spiro atoms. The van der Waals surface area contributed by atoms with Gasteiger partial charge in [0.05, 0.1) is 19.9 Å². The standard InChI is InChI=1S/C16H19N3O2/c1-20-14-9-8-12(10-15(14)21-2)11-16(19-17)18-13-6-4-3-5-7-13/h3-10H,11,17H2,1-2H3,(H,18,19). The van der Waals surface area contributed by atoms with Crippen LogP contribution in [0.1, 0.15) is 5.56 Å². The Balaban J connectivity index is 2.21. The van der Waals surface area contributed by atoms with E-state index in [-0.39, 0.29) is 0 Å². The second-order valence-electron chi connectivity index (χ2n) is 4.40. The Morgan fingerprint density at radius 2 is 1.76 bits per heavy atom. The quantitative estimate of drug-likeness (QED) is 0.383. The number of hydrogen-bond acceptors (Lipinski definition) is 4. The number of nitrogens with two attached hydrogens (primary N) is 1. The van der Waals surface area contributed by atoms with Crippen LogP contribution in [0.5, 0.6) is 11.5 Å². The summed E-state index contributed by atoms with van der Waals surface area (Å²) in [5.74, 6) is 7.62. The molecule has 0 aliphatic carbocycles. The predicted octanol–water partition coefficient (Wildman–Crippen LogP) is 2.44. The fourth-order valence-corrected chi connectivity index (χ4v) is 1.97. The smallest absolute Gasteiger partial charge is 0.161 e. The average molecular weight is 285 g/mol. The second-order valence-corrected chi connectivity index (χ2v) is 4.40. The van der Waals surface area contributed by atoms with Crippen LogP contribution in [-0.4, -0.2) is 20.1 Å². The van der Waals surface area contributed by atoms with E-state index in [4.69, 9.17) is 15.3 Å². The lowest BCUT2D eigenvalue weighted by molar-refractivity contribution is 0.354. The van der Waals surface area contributed by atoms with E-state index in [9.17, 15) is 0 Å². The van der Waals surface area contributed by atoms with Crippen molar-refractivity contribution in [3.05, 3.63) is 54.1 Å². The fourth-order valence-electron chi connectivity index (χ4n) is 1.97. The zero-order valence-corrected chi connectivity index (χ0v) is 12.2. The van der Waals surface area contributed by atoms with Gasteiger partial charge in [-0.25, -0.2) is 10.8 Å². The summed E-state index contributed by atoms with van der Waals surface area (Å²) in [6.07, 6.45) is 0.575. The van der Waals surface area contributed by atoms with Crippen LogP contribution in [0.4, 0.5) is 5.69 Å². The molecule has 2 aromatic rings. The minimum absolute atomic E-state index is 0.575. The van der Waals surface area contributed by atoms with E-state index in [0.29, 0.717) is 23.8 Å². The minimum atomic E-state index is 0.575. The zero-order chi connectivity index (χ0) is 15.1. The molecule has 5 nitrogen and oxygen atoms in total. The maximum Gasteiger partial charge on any atom is 0.161 e. The van der Waals surface area contributed by atoms with Crippen molar-refractivity contribution in [1.29, 1.82) is 0 Å². The molecule has 0 heterocycles. The van der Waals surface area contributed by atoms with Gasteiger partial charge in [-0.05, 0) is 29.8 Å². The molecule has 0 aromatic heterocycles. The molecule has 0 aliphatic rings. The first kappa shape index (κ1) is 14.9. The van der Waals surface area contributed by atoms with E-state index in [1.165, 1.54) is 0 Å². The molecule has 0 saturated heterocycles. The van der Waals surface area contributed by atoms with Crippen molar-refractivity contribution in [2.75, 3.05) is 14.2 Å². The third-order valence-corrected chi connectivity index (χ3v) is 3.01. The highest BCUT2D eigenvalue weighted by molar-refractivity contribution is 5.86. The van der Waals surface area contributed by atoms with Gasteiger partial charge in [-0.2, -0.15) is 0 Å². The van der Waals surface area contributed by atoms with Gasteiger partial charge < -0.3 is 14.9 Å². The molecule has 2 aromatic carbocycles. The molecule has 0 fully saturated rings. The summed E-state index contributed by atoms with van der Waals surface area (Å²) in [6, 6.07) is 15.4. The van der Waals surface area contributed by atoms with Gasteiger partial charge in [0, 0.05) is 6.42 Å². The Morgan fingerprint density at radius 1 is 1.05 bits per heavy atom. The molecule has 21 heavy (non-hydrogen) atoms. The lowest BCUT2D eigenvalue weighted by atomic mass is 10.1. The number of nitrogens with one attached hydrogen (secondary N) is 1. The van der Waals surface area contributed by atoms with E-state index in [0.717, 1.165) is 11.3 Å². The Morgan fingerprint density at radius 3 is 2.38 bits per heavy atom. The van der Waals surface area contributed by atoms with Crippen LogP contribution in [-0.2, 0) is 6.42 Å². The van der Waals surface area contributed by atoms with Gasteiger partial charge >= 0.3 is 0 Å². The molecule has 0 atom stereocenters. The van der Waals surface area contributed by atoms with Crippen molar-refractivity contribution in [3.63, 3.8) is 0 Å². The van der Waals surface area contributed by atoms with E-state index in [1.807, 2.05) is 48.5 Å². The van der Waals surface area contributed by atoms with Crippen molar-refractivity contribution in [3.8, 4) is 11.5 Å². The molecule has 110 valence electrons. The first-order chi connectivity index (χ1) is 10.3. The average Bonchev–Trinajstić information content (AvgIpc) is 2.55. The number of benzene rings is 2. The number of rotatable bonds is 5. The van der Waals surface area contributed by atoms with Gasteiger partial charge in [0.2, 0.25) is 0 Å². The molecular weight excluding hydrogens is 266 g/mol. The lowest BCUT2D eigenvalue weighted by Crippen LogP contribution is -2.31. The molecular formula is C16H19N3O2. The van der Waals surface area contributed by atoms with Crippen molar-refractivity contribution >= 4 is 11.5 Å². The summed E-state index contributed by atoms with van der Waals surface area (Å²) in [4.78, 5) is 4.48. The summed E-state index contributed by atoms with van der Waals surface area (Å²) >= 11 is 0. The Bertz CT molecular complexity index is 612. The van der Waals surface area contributed by atoms with Gasteiger partial charge in [-0.1, -0.05) is 24.3 Å². The van der Waals surface area contributed by atoms with Gasteiger partial charge in [0.15, 0.2) is 11.5 Å². The molecule has 0 unspecified atom stereocenters. The number of nitrogens with zero attached hydrogens (tertiary/aromatic N) is 1. The first-order valence-corrected chi connectivity index (χ1v) is 6.57. The van der Waals surface area contributed by atoms with Crippen LogP contribution in [0.15, 0.2) is 53.5 Å². The van der Waals surface area contributed by atoms with Crippen LogP contribution in [0, 0.1) is 0 Å². The summed E-state index contributed by atoms with van der Waals surface area (Å²) in [6.45, 7) is 0. The monoisotopic (exact) mass is 285 g/mol. The summed E-state index contributed by atoms with van der Waals surface area (Å²) in [5.41, 5.74) is 4.52. The topological polar surface area (TPSA) is 68.9 Å². The lowest BCUT2D eigenvalue weighted by Gasteiger charge is -2.10. The predicted molar refractivity (Wildman–Crippen MR) is 84.1 cm³/mol. The summed E-state index contributed by atoms with van der Waals surface area (Å²) in [5, 5.41) is 0. The third-order valence-electron chi connectivity index (χ3n) is 3.01. The van der Waals surface area contributed by atoms with Gasteiger partial charge in [-0.3, -0.25) is 0 Å². The third kappa shape index (κ3) is 3.97. The molecule has 5 heteroatoms. The number of hydrogen-bond donors (Lipinski definition) is 2. The number of amidine groups is 1. The van der Waals surface area contributed by atoms with E-state index in [2.05, 4.69) is 10.4 Å². The Kier molecular flexibility index (Phi) is 5.17. The van der Waals surface area contributed by atoms with E-state index >= 15 is 0 Å². The van der Waals surface area contributed by atoms with Crippen LogP contribution in [0.25, 0.3) is 0 Å². The molecule has 0 radical (unpaired) electrons. The summed E-state index contributed by atoms with van der Waals surface area (Å²) in [7, 11) is 3.23. The highest BCUT2D eigenvalue weighted by Gasteiger charge is 2.07. The van der Waals surface area contributed by atoms with Crippen LogP contribution < -0.4 is 20.7 Å². The largest absolute Gasteiger partial charge is 0.493 e. The SMILES string of the molecule is COc1ccc(CC(=Nc2ccccc2)NN)cc1OC. The highest BCUT2D eigenvalue weighted by atomic mass is 16.5.